The summed E-state index contributed by atoms with van der Waals surface area (Å²) < 4.78 is 10.6. The molecule has 2 rings (SSSR count). The molecule has 98 valence electrons. The third-order valence-corrected chi connectivity index (χ3v) is 3.07. The molecule has 0 spiro atoms. The molecule has 0 radical (unpaired) electrons. The minimum atomic E-state index is 0.796. The van der Waals surface area contributed by atoms with E-state index in [4.69, 9.17) is 9.47 Å². The second-order valence-corrected chi connectivity index (χ2v) is 4.30. The average Bonchev–Trinajstić information content (AvgIpc) is 2.46. The van der Waals surface area contributed by atoms with E-state index in [9.17, 15) is 0 Å². The predicted octanol–water partition coefficient (Wildman–Crippen LogP) is 4.18. The lowest BCUT2D eigenvalue weighted by Gasteiger charge is -2.07. The summed E-state index contributed by atoms with van der Waals surface area (Å²) in [6.45, 7) is 2.10. The van der Waals surface area contributed by atoms with E-state index in [1.807, 2.05) is 30.3 Å². The number of ether oxygens (including phenoxy) is 2. The minimum absolute atomic E-state index is 0.796. The van der Waals surface area contributed by atoms with Crippen LogP contribution in [0.15, 0.2) is 42.5 Å². The molecule has 2 aromatic rings. The van der Waals surface area contributed by atoms with Crippen molar-refractivity contribution in [3.8, 4) is 11.5 Å². The molecule has 0 saturated heterocycles. The summed E-state index contributed by atoms with van der Waals surface area (Å²) in [5.41, 5.74) is 3.50. The summed E-state index contributed by atoms with van der Waals surface area (Å²) in [4.78, 5) is 0. The monoisotopic (exact) mass is 254 g/mol. The van der Waals surface area contributed by atoms with Crippen molar-refractivity contribution in [3.05, 3.63) is 59.2 Å². The van der Waals surface area contributed by atoms with E-state index in [0.29, 0.717) is 0 Å². The van der Waals surface area contributed by atoms with Gasteiger partial charge in [-0.25, -0.2) is 0 Å². The Labute approximate surface area is 114 Å². The van der Waals surface area contributed by atoms with Crippen molar-refractivity contribution in [1.82, 2.24) is 0 Å². The van der Waals surface area contributed by atoms with Gasteiger partial charge in [0.1, 0.15) is 11.5 Å². The van der Waals surface area contributed by atoms with Crippen molar-refractivity contribution in [3.63, 3.8) is 0 Å². The first-order valence-electron chi connectivity index (χ1n) is 6.20. The fourth-order valence-electron chi connectivity index (χ4n) is 1.91. The lowest BCUT2D eigenvalue weighted by atomic mass is 10.1. The Morgan fingerprint density at radius 3 is 2.26 bits per heavy atom. The van der Waals surface area contributed by atoms with Crippen LogP contribution in [0.4, 0.5) is 0 Å². The smallest absolute Gasteiger partial charge is 0.129 e. The zero-order valence-corrected chi connectivity index (χ0v) is 11.5. The van der Waals surface area contributed by atoms with Crippen molar-refractivity contribution in [2.75, 3.05) is 14.2 Å². The molecule has 0 aliphatic carbocycles. The number of hydrogen-bond acceptors (Lipinski definition) is 2. The van der Waals surface area contributed by atoms with Crippen LogP contribution in [-0.4, -0.2) is 14.2 Å². The summed E-state index contributed by atoms with van der Waals surface area (Å²) in [6.07, 6.45) is 4.15. The second-order valence-electron chi connectivity index (χ2n) is 4.30. The highest BCUT2D eigenvalue weighted by Gasteiger charge is 2.02. The third kappa shape index (κ3) is 3.16. The third-order valence-electron chi connectivity index (χ3n) is 3.07. The molecular formula is C17H18O2. The van der Waals surface area contributed by atoms with Crippen molar-refractivity contribution in [2.45, 2.75) is 6.92 Å². The van der Waals surface area contributed by atoms with E-state index in [-0.39, 0.29) is 0 Å². The Bertz CT molecular complexity index is 586. The first-order valence-corrected chi connectivity index (χ1v) is 6.20. The van der Waals surface area contributed by atoms with E-state index in [0.717, 1.165) is 17.1 Å². The van der Waals surface area contributed by atoms with Gasteiger partial charge in [-0.3, -0.25) is 0 Å². The Hall–Kier alpha value is -2.22. The number of aryl methyl sites for hydroxylation is 1. The molecule has 2 nitrogen and oxygen atoms in total. The maximum Gasteiger partial charge on any atom is 0.129 e. The molecule has 0 fully saturated rings. The Morgan fingerprint density at radius 1 is 0.842 bits per heavy atom. The van der Waals surface area contributed by atoms with Crippen LogP contribution >= 0.6 is 0 Å². The first-order chi connectivity index (χ1) is 9.24. The number of hydrogen-bond donors (Lipinski definition) is 0. The van der Waals surface area contributed by atoms with Gasteiger partial charge in [-0.15, -0.1) is 0 Å². The van der Waals surface area contributed by atoms with Gasteiger partial charge in [0, 0.05) is 11.6 Å². The lowest BCUT2D eigenvalue weighted by Crippen LogP contribution is -1.89. The van der Waals surface area contributed by atoms with Crippen LogP contribution in [0.5, 0.6) is 11.5 Å². The molecule has 2 heteroatoms. The molecule has 0 heterocycles. The van der Waals surface area contributed by atoms with Gasteiger partial charge >= 0.3 is 0 Å². The van der Waals surface area contributed by atoms with Crippen LogP contribution in [0, 0.1) is 6.92 Å². The van der Waals surface area contributed by atoms with Crippen LogP contribution in [0.3, 0.4) is 0 Å². The highest BCUT2D eigenvalue weighted by Crippen LogP contribution is 2.26. The summed E-state index contributed by atoms with van der Waals surface area (Å²) in [6, 6.07) is 14.1. The molecule has 0 amide bonds. The van der Waals surface area contributed by atoms with E-state index in [2.05, 4.69) is 31.2 Å². The number of methoxy groups -OCH3 is 2. The van der Waals surface area contributed by atoms with Crippen molar-refractivity contribution < 1.29 is 9.47 Å². The van der Waals surface area contributed by atoms with Gasteiger partial charge in [-0.2, -0.15) is 0 Å². The van der Waals surface area contributed by atoms with Gasteiger partial charge in [0.25, 0.3) is 0 Å². The molecule has 2 aromatic carbocycles. The SMILES string of the molecule is COc1ccc(/C=C/c2ccccc2C)c(OC)c1. The second kappa shape index (κ2) is 6.10. The normalized spacial score (nSPS) is 10.7. The fourth-order valence-corrected chi connectivity index (χ4v) is 1.91. The van der Waals surface area contributed by atoms with E-state index in [1.165, 1.54) is 11.1 Å². The fraction of sp³-hybridized carbons (Fsp3) is 0.176. The highest BCUT2D eigenvalue weighted by atomic mass is 16.5. The molecular weight excluding hydrogens is 236 g/mol. The molecule has 0 aromatic heterocycles. The van der Waals surface area contributed by atoms with Crippen LogP contribution in [0.25, 0.3) is 12.2 Å². The van der Waals surface area contributed by atoms with Crippen LogP contribution < -0.4 is 9.47 Å². The Balaban J connectivity index is 2.30. The van der Waals surface area contributed by atoms with Crippen molar-refractivity contribution in [2.24, 2.45) is 0 Å². The molecule has 0 N–H and O–H groups in total. The van der Waals surface area contributed by atoms with Crippen molar-refractivity contribution in [1.29, 1.82) is 0 Å². The maximum atomic E-state index is 5.38. The first kappa shape index (κ1) is 13.2. The van der Waals surface area contributed by atoms with E-state index < -0.39 is 0 Å². The standard InChI is InChI=1S/C17H18O2/c1-13-6-4-5-7-14(13)8-9-15-10-11-16(18-2)12-17(15)19-3/h4-12H,1-3H3/b9-8+. The Morgan fingerprint density at radius 2 is 1.58 bits per heavy atom. The lowest BCUT2D eigenvalue weighted by molar-refractivity contribution is 0.394. The number of rotatable bonds is 4. The van der Waals surface area contributed by atoms with E-state index >= 15 is 0 Å². The number of benzene rings is 2. The van der Waals surface area contributed by atoms with Gasteiger partial charge in [0.05, 0.1) is 14.2 Å². The summed E-state index contributed by atoms with van der Waals surface area (Å²) >= 11 is 0. The van der Waals surface area contributed by atoms with Crippen molar-refractivity contribution >= 4 is 12.2 Å². The Kier molecular flexibility index (Phi) is 4.24. The zero-order chi connectivity index (χ0) is 13.7. The summed E-state index contributed by atoms with van der Waals surface area (Å²) in [5.74, 6) is 1.61. The minimum Gasteiger partial charge on any atom is -0.497 e. The quantitative estimate of drug-likeness (QED) is 0.762. The van der Waals surface area contributed by atoms with Gasteiger partial charge in [0.15, 0.2) is 0 Å². The van der Waals surface area contributed by atoms with Gasteiger partial charge in [-0.1, -0.05) is 36.4 Å². The average molecular weight is 254 g/mol. The molecule has 19 heavy (non-hydrogen) atoms. The summed E-state index contributed by atoms with van der Waals surface area (Å²) in [5, 5.41) is 0. The van der Waals surface area contributed by atoms with Gasteiger partial charge in [0.2, 0.25) is 0 Å². The predicted molar refractivity (Wildman–Crippen MR) is 79.7 cm³/mol. The molecule has 0 saturated carbocycles. The van der Waals surface area contributed by atoms with Gasteiger partial charge in [-0.05, 0) is 30.2 Å². The topological polar surface area (TPSA) is 18.5 Å². The molecule has 0 aliphatic rings. The highest BCUT2D eigenvalue weighted by molar-refractivity contribution is 5.74. The largest absolute Gasteiger partial charge is 0.497 e. The molecule has 0 unspecified atom stereocenters. The van der Waals surface area contributed by atoms with Gasteiger partial charge < -0.3 is 9.47 Å². The maximum absolute atomic E-state index is 5.38. The van der Waals surface area contributed by atoms with Crippen LogP contribution in [-0.2, 0) is 0 Å². The molecule has 0 bridgehead atoms. The summed E-state index contributed by atoms with van der Waals surface area (Å²) in [7, 11) is 3.32. The van der Waals surface area contributed by atoms with Crippen LogP contribution in [0.2, 0.25) is 0 Å². The zero-order valence-electron chi connectivity index (χ0n) is 11.5. The molecule has 0 aliphatic heterocycles. The van der Waals surface area contributed by atoms with Crippen LogP contribution in [0.1, 0.15) is 16.7 Å². The molecule has 0 atom stereocenters. The van der Waals surface area contributed by atoms with E-state index in [1.54, 1.807) is 14.2 Å².